The van der Waals surface area contributed by atoms with E-state index in [1.807, 2.05) is 30.3 Å². The molecule has 1 aliphatic heterocycles. The van der Waals surface area contributed by atoms with Crippen LogP contribution < -0.4 is 10.2 Å². The van der Waals surface area contributed by atoms with Gasteiger partial charge in [0.1, 0.15) is 5.41 Å². The second-order valence-electron chi connectivity index (χ2n) is 7.28. The zero-order valence-corrected chi connectivity index (χ0v) is 15.9. The van der Waals surface area contributed by atoms with E-state index in [4.69, 9.17) is 0 Å². The van der Waals surface area contributed by atoms with Gasteiger partial charge >= 0.3 is 0 Å². The lowest BCUT2D eigenvalue weighted by Crippen LogP contribution is -2.55. The summed E-state index contributed by atoms with van der Waals surface area (Å²) in [7, 11) is 0. The van der Waals surface area contributed by atoms with Gasteiger partial charge in [0.2, 0.25) is 11.8 Å². The van der Waals surface area contributed by atoms with Crippen LogP contribution in [0.15, 0.2) is 54.9 Å². The number of aromatic nitrogens is 1. The lowest BCUT2D eigenvalue weighted by atomic mass is 9.90. The van der Waals surface area contributed by atoms with Crippen molar-refractivity contribution in [1.82, 2.24) is 15.2 Å². The SMILES string of the molecule is CC(C)(C(=O)NCc1cccnc1)C(=O)N1CCN(c2ccccc2)CC1. The molecular formula is C21H26N4O2. The van der Waals surface area contributed by atoms with E-state index in [-0.39, 0.29) is 11.8 Å². The Morgan fingerprint density at radius 1 is 1.04 bits per heavy atom. The zero-order valence-electron chi connectivity index (χ0n) is 15.9. The Morgan fingerprint density at radius 2 is 1.74 bits per heavy atom. The largest absolute Gasteiger partial charge is 0.368 e. The van der Waals surface area contributed by atoms with E-state index >= 15 is 0 Å². The molecule has 0 bridgehead atoms. The smallest absolute Gasteiger partial charge is 0.237 e. The Labute approximate surface area is 160 Å². The van der Waals surface area contributed by atoms with E-state index in [1.165, 1.54) is 0 Å². The predicted molar refractivity (Wildman–Crippen MR) is 105 cm³/mol. The Balaban J connectivity index is 1.55. The number of hydrogen-bond donors (Lipinski definition) is 1. The molecule has 1 aromatic heterocycles. The summed E-state index contributed by atoms with van der Waals surface area (Å²) in [6.45, 7) is 6.52. The van der Waals surface area contributed by atoms with Crippen LogP contribution in [0.4, 0.5) is 5.69 Å². The molecular weight excluding hydrogens is 340 g/mol. The highest BCUT2D eigenvalue weighted by atomic mass is 16.2. The predicted octanol–water partition coefficient (Wildman–Crippen LogP) is 2.07. The average Bonchev–Trinajstić information content (AvgIpc) is 2.73. The maximum Gasteiger partial charge on any atom is 0.237 e. The highest BCUT2D eigenvalue weighted by Crippen LogP contribution is 2.22. The third-order valence-electron chi connectivity index (χ3n) is 4.97. The summed E-state index contributed by atoms with van der Waals surface area (Å²) >= 11 is 0. The highest BCUT2D eigenvalue weighted by molar-refractivity contribution is 6.04. The number of carbonyl (C=O) groups is 2. The molecule has 27 heavy (non-hydrogen) atoms. The van der Waals surface area contributed by atoms with Crippen molar-refractivity contribution >= 4 is 17.5 Å². The van der Waals surface area contributed by atoms with Gasteiger partial charge in [0.15, 0.2) is 0 Å². The Hall–Kier alpha value is -2.89. The molecule has 142 valence electrons. The number of amides is 2. The molecule has 0 atom stereocenters. The lowest BCUT2D eigenvalue weighted by Gasteiger charge is -2.39. The molecule has 0 unspecified atom stereocenters. The summed E-state index contributed by atoms with van der Waals surface area (Å²) in [6, 6.07) is 13.9. The number of pyridine rings is 1. The first-order valence-electron chi connectivity index (χ1n) is 9.25. The van der Waals surface area contributed by atoms with Gasteiger partial charge in [-0.15, -0.1) is 0 Å². The zero-order chi connectivity index (χ0) is 19.3. The minimum absolute atomic E-state index is 0.126. The average molecular weight is 366 g/mol. The van der Waals surface area contributed by atoms with Crippen molar-refractivity contribution < 1.29 is 9.59 Å². The normalized spacial score (nSPS) is 14.7. The van der Waals surface area contributed by atoms with Gasteiger partial charge in [0, 0.05) is 50.8 Å². The first-order valence-corrected chi connectivity index (χ1v) is 9.25. The number of rotatable bonds is 5. The number of anilines is 1. The fourth-order valence-electron chi connectivity index (χ4n) is 3.20. The quantitative estimate of drug-likeness (QED) is 0.823. The molecule has 0 radical (unpaired) electrons. The summed E-state index contributed by atoms with van der Waals surface area (Å²) in [5.74, 6) is -0.388. The molecule has 1 fully saturated rings. The highest BCUT2D eigenvalue weighted by Gasteiger charge is 2.39. The number of piperazine rings is 1. The maximum absolute atomic E-state index is 13.0. The van der Waals surface area contributed by atoms with Crippen LogP contribution in [0.3, 0.4) is 0 Å². The summed E-state index contributed by atoms with van der Waals surface area (Å²) in [4.78, 5) is 33.7. The summed E-state index contributed by atoms with van der Waals surface area (Å²) in [5.41, 5.74) is 0.973. The van der Waals surface area contributed by atoms with E-state index in [2.05, 4.69) is 27.3 Å². The Morgan fingerprint density at radius 3 is 2.37 bits per heavy atom. The molecule has 1 aliphatic rings. The van der Waals surface area contributed by atoms with Gasteiger partial charge in [-0.3, -0.25) is 14.6 Å². The van der Waals surface area contributed by atoms with Gasteiger partial charge in [0.05, 0.1) is 0 Å². The molecule has 3 rings (SSSR count). The standard InChI is InChI=1S/C21H26N4O2/c1-21(2,19(26)23-16-17-7-6-10-22-15-17)20(27)25-13-11-24(12-14-25)18-8-4-3-5-9-18/h3-10,15H,11-14,16H2,1-2H3,(H,23,26). The van der Waals surface area contributed by atoms with Crippen LogP contribution in [0, 0.1) is 5.41 Å². The van der Waals surface area contributed by atoms with Gasteiger partial charge in [-0.2, -0.15) is 0 Å². The minimum atomic E-state index is -1.10. The van der Waals surface area contributed by atoms with Crippen LogP contribution in [0.25, 0.3) is 0 Å². The molecule has 2 aromatic rings. The van der Waals surface area contributed by atoms with Crippen LogP contribution in [0.1, 0.15) is 19.4 Å². The first kappa shape index (κ1) is 18.9. The van der Waals surface area contributed by atoms with Crippen molar-refractivity contribution in [3.63, 3.8) is 0 Å². The van der Waals surface area contributed by atoms with Crippen LogP contribution in [-0.2, 0) is 16.1 Å². The summed E-state index contributed by atoms with van der Waals surface area (Å²) < 4.78 is 0. The van der Waals surface area contributed by atoms with E-state index in [1.54, 1.807) is 31.1 Å². The van der Waals surface area contributed by atoms with Gasteiger partial charge in [-0.25, -0.2) is 0 Å². The van der Waals surface area contributed by atoms with Crippen molar-refractivity contribution in [2.24, 2.45) is 5.41 Å². The van der Waals surface area contributed by atoms with Crippen molar-refractivity contribution in [3.8, 4) is 0 Å². The van der Waals surface area contributed by atoms with Crippen molar-refractivity contribution in [2.75, 3.05) is 31.1 Å². The molecule has 2 heterocycles. The molecule has 1 N–H and O–H groups in total. The Kier molecular flexibility index (Phi) is 5.74. The fourth-order valence-corrected chi connectivity index (χ4v) is 3.20. The molecule has 6 nitrogen and oxygen atoms in total. The van der Waals surface area contributed by atoms with Gasteiger partial charge in [-0.05, 0) is 37.6 Å². The molecule has 1 aromatic carbocycles. The molecule has 0 aliphatic carbocycles. The van der Waals surface area contributed by atoms with Crippen molar-refractivity contribution in [3.05, 3.63) is 60.4 Å². The van der Waals surface area contributed by atoms with Crippen LogP contribution in [0.5, 0.6) is 0 Å². The number of nitrogens with one attached hydrogen (secondary N) is 1. The van der Waals surface area contributed by atoms with E-state index in [0.717, 1.165) is 24.3 Å². The number of nitrogens with zero attached hydrogens (tertiary/aromatic N) is 3. The van der Waals surface area contributed by atoms with Gasteiger partial charge < -0.3 is 15.1 Å². The van der Waals surface area contributed by atoms with Crippen LogP contribution in [-0.4, -0.2) is 47.9 Å². The Bertz CT molecular complexity index is 769. The second kappa shape index (κ2) is 8.20. The second-order valence-corrected chi connectivity index (χ2v) is 7.28. The van der Waals surface area contributed by atoms with Gasteiger partial charge in [-0.1, -0.05) is 24.3 Å². The van der Waals surface area contributed by atoms with Gasteiger partial charge in [0.25, 0.3) is 0 Å². The fraction of sp³-hybridized carbons (Fsp3) is 0.381. The number of hydrogen-bond acceptors (Lipinski definition) is 4. The topological polar surface area (TPSA) is 65.5 Å². The van der Waals surface area contributed by atoms with E-state index in [0.29, 0.717) is 19.6 Å². The third kappa shape index (κ3) is 4.45. The molecule has 1 saturated heterocycles. The summed E-state index contributed by atoms with van der Waals surface area (Å²) in [5, 5.41) is 2.86. The number of para-hydroxylation sites is 1. The number of benzene rings is 1. The van der Waals surface area contributed by atoms with Crippen molar-refractivity contribution in [2.45, 2.75) is 20.4 Å². The monoisotopic (exact) mass is 366 g/mol. The maximum atomic E-state index is 13.0. The molecule has 2 amide bonds. The van der Waals surface area contributed by atoms with E-state index < -0.39 is 5.41 Å². The molecule has 0 saturated carbocycles. The van der Waals surface area contributed by atoms with Crippen LogP contribution in [0.2, 0.25) is 0 Å². The molecule has 0 spiro atoms. The lowest BCUT2D eigenvalue weighted by molar-refractivity contribution is -0.148. The molecule has 6 heteroatoms. The first-order chi connectivity index (χ1) is 13.0. The number of carbonyl (C=O) groups excluding carboxylic acids is 2. The van der Waals surface area contributed by atoms with E-state index in [9.17, 15) is 9.59 Å². The minimum Gasteiger partial charge on any atom is -0.368 e. The van der Waals surface area contributed by atoms with Crippen LogP contribution >= 0.6 is 0 Å². The van der Waals surface area contributed by atoms with Crippen molar-refractivity contribution in [1.29, 1.82) is 0 Å². The third-order valence-corrected chi connectivity index (χ3v) is 4.97. The summed E-state index contributed by atoms with van der Waals surface area (Å²) in [6.07, 6.45) is 3.39.